The first-order valence-corrected chi connectivity index (χ1v) is 4.15. The molecule has 0 fully saturated rings. The standard InChI is InChI=1S/C8H4N2OS/c11-5-9-8-10-6-3-1-2-4-7(6)12-8/h1-4H. The van der Waals surface area contributed by atoms with E-state index < -0.39 is 0 Å². The van der Waals surface area contributed by atoms with E-state index in [2.05, 4.69) is 9.98 Å². The second-order valence-electron chi connectivity index (χ2n) is 2.17. The Morgan fingerprint density at radius 2 is 2.25 bits per heavy atom. The summed E-state index contributed by atoms with van der Waals surface area (Å²) >= 11 is 1.38. The minimum absolute atomic E-state index is 0.464. The molecule has 0 aliphatic carbocycles. The molecule has 58 valence electrons. The first kappa shape index (κ1) is 7.16. The molecule has 2 rings (SSSR count). The molecule has 0 saturated heterocycles. The number of rotatable bonds is 1. The Morgan fingerprint density at radius 3 is 3.00 bits per heavy atom. The molecule has 0 aliphatic heterocycles. The van der Waals surface area contributed by atoms with Crippen molar-refractivity contribution in [3.8, 4) is 0 Å². The van der Waals surface area contributed by atoms with Crippen LogP contribution in [-0.2, 0) is 4.79 Å². The van der Waals surface area contributed by atoms with Gasteiger partial charge in [0.1, 0.15) is 0 Å². The van der Waals surface area contributed by atoms with Crippen LogP contribution in [-0.4, -0.2) is 11.1 Å². The topological polar surface area (TPSA) is 42.3 Å². The summed E-state index contributed by atoms with van der Waals surface area (Å²) < 4.78 is 1.03. The number of hydrogen-bond donors (Lipinski definition) is 0. The summed E-state index contributed by atoms with van der Waals surface area (Å²) in [4.78, 5) is 17.5. The molecule has 0 saturated carbocycles. The summed E-state index contributed by atoms with van der Waals surface area (Å²) in [6.45, 7) is 0. The zero-order chi connectivity index (χ0) is 8.39. The molecule has 1 heterocycles. The van der Waals surface area contributed by atoms with Gasteiger partial charge in [-0.05, 0) is 12.1 Å². The Morgan fingerprint density at radius 1 is 1.42 bits per heavy atom. The number of thiazole rings is 1. The van der Waals surface area contributed by atoms with Gasteiger partial charge < -0.3 is 0 Å². The average molecular weight is 176 g/mol. The molecule has 1 aromatic carbocycles. The largest absolute Gasteiger partial charge is 0.242 e. The second kappa shape index (κ2) is 2.85. The fourth-order valence-corrected chi connectivity index (χ4v) is 1.74. The van der Waals surface area contributed by atoms with Crippen LogP contribution in [0.1, 0.15) is 0 Å². The SMILES string of the molecule is O=C=Nc1nc2ccccc2s1. The van der Waals surface area contributed by atoms with Gasteiger partial charge in [-0.1, -0.05) is 23.5 Å². The van der Waals surface area contributed by atoms with E-state index in [-0.39, 0.29) is 0 Å². The van der Waals surface area contributed by atoms with Crippen molar-refractivity contribution >= 4 is 32.8 Å². The summed E-state index contributed by atoms with van der Waals surface area (Å²) in [5.74, 6) is 0. The quantitative estimate of drug-likeness (QED) is 0.494. The van der Waals surface area contributed by atoms with Crippen LogP contribution in [0.2, 0.25) is 0 Å². The molecule has 0 unspecified atom stereocenters. The summed E-state index contributed by atoms with van der Waals surface area (Å²) in [5, 5.41) is 0.464. The van der Waals surface area contributed by atoms with Gasteiger partial charge in [-0.15, -0.1) is 4.99 Å². The van der Waals surface area contributed by atoms with E-state index in [1.807, 2.05) is 24.3 Å². The number of benzene rings is 1. The van der Waals surface area contributed by atoms with Crippen molar-refractivity contribution < 1.29 is 4.79 Å². The van der Waals surface area contributed by atoms with Crippen LogP contribution in [0.4, 0.5) is 5.13 Å². The van der Waals surface area contributed by atoms with Gasteiger partial charge in [-0.3, -0.25) is 0 Å². The van der Waals surface area contributed by atoms with Crippen LogP contribution in [0.25, 0.3) is 10.2 Å². The molecule has 1 aromatic heterocycles. The summed E-state index contributed by atoms with van der Waals surface area (Å²) in [6.07, 6.45) is 1.47. The van der Waals surface area contributed by atoms with Crippen molar-refractivity contribution in [2.45, 2.75) is 0 Å². The van der Waals surface area contributed by atoms with Crippen molar-refractivity contribution in [3.63, 3.8) is 0 Å². The molecular formula is C8H4N2OS. The van der Waals surface area contributed by atoms with Crippen LogP contribution in [0.5, 0.6) is 0 Å². The van der Waals surface area contributed by atoms with Gasteiger partial charge in [-0.25, -0.2) is 9.78 Å². The zero-order valence-electron chi connectivity index (χ0n) is 6.02. The van der Waals surface area contributed by atoms with Crippen LogP contribution >= 0.6 is 11.3 Å². The smallest absolute Gasteiger partial charge is 0.218 e. The highest BCUT2D eigenvalue weighted by Crippen LogP contribution is 2.26. The third-order valence-corrected chi connectivity index (χ3v) is 2.35. The molecule has 0 N–H and O–H groups in total. The lowest BCUT2D eigenvalue weighted by Crippen LogP contribution is -1.63. The Hall–Kier alpha value is -1.51. The van der Waals surface area contributed by atoms with Crippen molar-refractivity contribution in [2.24, 2.45) is 4.99 Å². The third-order valence-electron chi connectivity index (χ3n) is 1.42. The lowest BCUT2D eigenvalue weighted by atomic mass is 10.3. The maximum absolute atomic E-state index is 9.93. The minimum Gasteiger partial charge on any atom is -0.218 e. The van der Waals surface area contributed by atoms with E-state index in [4.69, 9.17) is 0 Å². The predicted octanol–water partition coefficient (Wildman–Crippen LogP) is 2.26. The molecule has 3 nitrogen and oxygen atoms in total. The molecule has 12 heavy (non-hydrogen) atoms. The van der Waals surface area contributed by atoms with Crippen molar-refractivity contribution in [1.29, 1.82) is 0 Å². The van der Waals surface area contributed by atoms with E-state index in [0.717, 1.165) is 10.2 Å². The van der Waals surface area contributed by atoms with Gasteiger partial charge in [0.15, 0.2) is 0 Å². The molecule has 0 aliphatic rings. The zero-order valence-corrected chi connectivity index (χ0v) is 6.84. The minimum atomic E-state index is 0.464. The number of fused-ring (bicyclic) bond motifs is 1. The number of para-hydroxylation sites is 1. The molecule has 0 amide bonds. The Kier molecular flexibility index (Phi) is 1.70. The van der Waals surface area contributed by atoms with Gasteiger partial charge in [0.25, 0.3) is 0 Å². The Balaban J connectivity index is 2.69. The molecule has 4 heteroatoms. The highest BCUT2D eigenvalue weighted by molar-refractivity contribution is 7.21. The van der Waals surface area contributed by atoms with Crippen LogP contribution in [0.3, 0.4) is 0 Å². The Labute approximate surface area is 72.4 Å². The molecule has 0 radical (unpaired) electrons. The van der Waals surface area contributed by atoms with E-state index in [1.165, 1.54) is 17.4 Å². The lowest BCUT2D eigenvalue weighted by molar-refractivity contribution is 0.565. The first-order chi connectivity index (χ1) is 5.90. The lowest BCUT2D eigenvalue weighted by Gasteiger charge is -1.80. The van der Waals surface area contributed by atoms with E-state index in [1.54, 1.807) is 0 Å². The summed E-state index contributed by atoms with van der Waals surface area (Å²) in [6, 6.07) is 7.65. The fraction of sp³-hybridized carbons (Fsp3) is 0. The van der Waals surface area contributed by atoms with E-state index in [9.17, 15) is 4.79 Å². The van der Waals surface area contributed by atoms with E-state index in [0.29, 0.717) is 5.13 Å². The van der Waals surface area contributed by atoms with Gasteiger partial charge in [0.2, 0.25) is 11.2 Å². The number of aliphatic imine (C=N–C) groups is 1. The molecule has 0 bridgehead atoms. The highest BCUT2D eigenvalue weighted by atomic mass is 32.1. The van der Waals surface area contributed by atoms with Gasteiger partial charge in [0, 0.05) is 0 Å². The highest BCUT2D eigenvalue weighted by Gasteiger charge is 1.99. The van der Waals surface area contributed by atoms with Crippen molar-refractivity contribution in [2.75, 3.05) is 0 Å². The number of nitrogens with zero attached hydrogens (tertiary/aromatic N) is 2. The van der Waals surface area contributed by atoms with Crippen LogP contribution < -0.4 is 0 Å². The first-order valence-electron chi connectivity index (χ1n) is 3.33. The third kappa shape index (κ3) is 1.13. The average Bonchev–Trinajstić information content (AvgIpc) is 2.47. The maximum atomic E-state index is 9.93. The second-order valence-corrected chi connectivity index (χ2v) is 3.18. The number of hydrogen-bond acceptors (Lipinski definition) is 4. The molecule has 2 aromatic rings. The monoisotopic (exact) mass is 176 g/mol. The number of isocyanates is 1. The molecule has 0 atom stereocenters. The normalized spacial score (nSPS) is 9.67. The van der Waals surface area contributed by atoms with Gasteiger partial charge >= 0.3 is 0 Å². The predicted molar refractivity (Wildman–Crippen MR) is 47.4 cm³/mol. The van der Waals surface area contributed by atoms with Crippen molar-refractivity contribution in [1.82, 2.24) is 4.98 Å². The number of carbonyl (C=O) groups excluding carboxylic acids is 1. The van der Waals surface area contributed by atoms with Gasteiger partial charge in [0.05, 0.1) is 10.2 Å². The molecule has 0 spiro atoms. The fourth-order valence-electron chi connectivity index (χ4n) is 0.947. The van der Waals surface area contributed by atoms with Gasteiger partial charge in [-0.2, -0.15) is 0 Å². The van der Waals surface area contributed by atoms with E-state index >= 15 is 0 Å². The summed E-state index contributed by atoms with van der Waals surface area (Å²) in [7, 11) is 0. The summed E-state index contributed by atoms with van der Waals surface area (Å²) in [5.41, 5.74) is 0.872. The maximum Gasteiger partial charge on any atom is 0.242 e. The number of aromatic nitrogens is 1. The van der Waals surface area contributed by atoms with Crippen LogP contribution in [0, 0.1) is 0 Å². The molecular weight excluding hydrogens is 172 g/mol. The van der Waals surface area contributed by atoms with Crippen LogP contribution in [0.15, 0.2) is 29.3 Å². The van der Waals surface area contributed by atoms with Crippen molar-refractivity contribution in [3.05, 3.63) is 24.3 Å². The Bertz CT molecular complexity index is 424.